The lowest BCUT2D eigenvalue weighted by molar-refractivity contribution is -0.123. The van der Waals surface area contributed by atoms with Crippen LogP contribution in [0.2, 0.25) is 0 Å². The fraction of sp³-hybridized carbons (Fsp3) is 0.391. The molecule has 2 aromatic carbocycles. The maximum Gasteiger partial charge on any atom is 0.276 e. The smallest absolute Gasteiger partial charge is 0.276 e. The minimum absolute atomic E-state index is 0.210. The van der Waals surface area contributed by atoms with Crippen LogP contribution in [0.1, 0.15) is 56.0 Å². The van der Waals surface area contributed by atoms with Crippen LogP contribution in [0, 0.1) is 5.92 Å². The van der Waals surface area contributed by atoms with Gasteiger partial charge in [-0.1, -0.05) is 55.8 Å². The summed E-state index contributed by atoms with van der Waals surface area (Å²) in [5.74, 6) is 0.914. The number of amides is 2. The van der Waals surface area contributed by atoms with Crippen LogP contribution in [-0.4, -0.2) is 25.0 Å². The molecule has 0 aromatic heterocycles. The molecule has 162 valence electrons. The molecule has 0 radical (unpaired) electrons. The van der Waals surface area contributed by atoms with Crippen molar-refractivity contribution >= 4 is 27.7 Å². The van der Waals surface area contributed by atoms with Gasteiger partial charge in [0.2, 0.25) is 0 Å². The molecule has 0 spiro atoms. The summed E-state index contributed by atoms with van der Waals surface area (Å²) < 4.78 is 11.9. The molecule has 30 heavy (non-hydrogen) atoms. The van der Waals surface area contributed by atoms with Crippen molar-refractivity contribution in [3.8, 4) is 11.5 Å². The molecule has 7 heteroatoms. The summed E-state index contributed by atoms with van der Waals surface area (Å²) in [5.41, 5.74) is 6.32. The number of benzene rings is 2. The number of hydrogen-bond donors (Lipinski definition) is 2. The Morgan fingerprint density at radius 3 is 2.33 bits per heavy atom. The molecule has 2 rings (SSSR count). The molecule has 2 amide bonds. The van der Waals surface area contributed by atoms with Crippen molar-refractivity contribution in [1.82, 2.24) is 10.9 Å². The SMILES string of the molecule is CCC(C)c1ccc(OCC(=O)NNC(=O)c2cc(Br)ccc2OCC(C)C)cc1. The highest BCUT2D eigenvalue weighted by Gasteiger charge is 2.15. The van der Waals surface area contributed by atoms with Crippen molar-refractivity contribution in [2.75, 3.05) is 13.2 Å². The van der Waals surface area contributed by atoms with Gasteiger partial charge in [-0.2, -0.15) is 0 Å². The standard InChI is InChI=1S/C23H29BrN2O4/c1-5-16(4)17-6-9-19(10-7-17)29-14-22(27)25-26-23(28)20-12-18(24)8-11-21(20)30-13-15(2)3/h6-12,15-16H,5,13-14H2,1-4H3,(H,25,27)(H,26,28). The number of nitrogens with one attached hydrogen (secondary N) is 2. The number of carbonyl (C=O) groups is 2. The number of hydrazine groups is 1. The van der Waals surface area contributed by atoms with E-state index in [0.717, 1.165) is 10.9 Å². The Balaban J connectivity index is 1.87. The molecular formula is C23H29BrN2O4. The van der Waals surface area contributed by atoms with Crippen LogP contribution in [0.25, 0.3) is 0 Å². The number of ether oxygens (including phenoxy) is 2. The van der Waals surface area contributed by atoms with E-state index in [0.29, 0.717) is 35.5 Å². The van der Waals surface area contributed by atoms with Crippen LogP contribution in [0.4, 0.5) is 0 Å². The highest BCUT2D eigenvalue weighted by atomic mass is 79.9. The van der Waals surface area contributed by atoms with Gasteiger partial charge in [0.15, 0.2) is 6.61 Å². The summed E-state index contributed by atoms with van der Waals surface area (Å²) in [7, 11) is 0. The van der Waals surface area contributed by atoms with E-state index < -0.39 is 11.8 Å². The third-order valence-corrected chi connectivity index (χ3v) is 5.00. The third kappa shape index (κ3) is 7.37. The van der Waals surface area contributed by atoms with E-state index in [1.807, 2.05) is 38.1 Å². The fourth-order valence-electron chi connectivity index (χ4n) is 2.57. The van der Waals surface area contributed by atoms with Gasteiger partial charge in [-0.15, -0.1) is 0 Å². The van der Waals surface area contributed by atoms with E-state index in [1.54, 1.807) is 18.2 Å². The van der Waals surface area contributed by atoms with Crippen LogP contribution < -0.4 is 20.3 Å². The molecule has 1 atom stereocenters. The van der Waals surface area contributed by atoms with Crippen LogP contribution in [-0.2, 0) is 4.79 Å². The van der Waals surface area contributed by atoms with Gasteiger partial charge in [0.05, 0.1) is 12.2 Å². The number of carbonyl (C=O) groups excluding carboxylic acids is 2. The molecule has 1 unspecified atom stereocenters. The minimum Gasteiger partial charge on any atom is -0.492 e. The predicted octanol–water partition coefficient (Wildman–Crippen LogP) is 4.84. The molecule has 2 aromatic rings. The van der Waals surface area contributed by atoms with Gasteiger partial charge in [-0.25, -0.2) is 0 Å². The second kappa shape index (κ2) is 11.6. The Bertz CT molecular complexity index is 853. The summed E-state index contributed by atoms with van der Waals surface area (Å²) in [5, 5.41) is 0. The Morgan fingerprint density at radius 1 is 1.00 bits per heavy atom. The lowest BCUT2D eigenvalue weighted by Gasteiger charge is -2.14. The van der Waals surface area contributed by atoms with Gasteiger partial charge >= 0.3 is 0 Å². The topological polar surface area (TPSA) is 76.7 Å². The summed E-state index contributed by atoms with van der Waals surface area (Å²) in [6, 6.07) is 12.8. The molecule has 0 heterocycles. The fourth-order valence-corrected chi connectivity index (χ4v) is 2.93. The number of halogens is 1. The van der Waals surface area contributed by atoms with Gasteiger partial charge in [0, 0.05) is 4.47 Å². The van der Waals surface area contributed by atoms with E-state index in [9.17, 15) is 9.59 Å². The highest BCUT2D eigenvalue weighted by Crippen LogP contribution is 2.24. The van der Waals surface area contributed by atoms with Gasteiger partial charge in [-0.05, 0) is 54.2 Å². The second-order valence-corrected chi connectivity index (χ2v) is 8.43. The first-order valence-electron chi connectivity index (χ1n) is 10.0. The zero-order chi connectivity index (χ0) is 22.1. The largest absolute Gasteiger partial charge is 0.492 e. The van der Waals surface area contributed by atoms with Gasteiger partial charge in [0.1, 0.15) is 11.5 Å². The van der Waals surface area contributed by atoms with Gasteiger partial charge < -0.3 is 9.47 Å². The summed E-state index contributed by atoms with van der Waals surface area (Å²) in [6.07, 6.45) is 1.06. The summed E-state index contributed by atoms with van der Waals surface area (Å²) in [4.78, 5) is 24.6. The van der Waals surface area contributed by atoms with Crippen molar-refractivity contribution in [2.24, 2.45) is 5.92 Å². The monoisotopic (exact) mass is 476 g/mol. The van der Waals surface area contributed by atoms with E-state index in [4.69, 9.17) is 9.47 Å². The summed E-state index contributed by atoms with van der Waals surface area (Å²) >= 11 is 3.35. The third-order valence-electron chi connectivity index (χ3n) is 4.51. The number of rotatable bonds is 9. The van der Waals surface area contributed by atoms with E-state index >= 15 is 0 Å². The van der Waals surface area contributed by atoms with Crippen molar-refractivity contribution in [1.29, 1.82) is 0 Å². The van der Waals surface area contributed by atoms with Gasteiger partial charge in [-0.3, -0.25) is 20.4 Å². The van der Waals surface area contributed by atoms with Crippen molar-refractivity contribution in [3.05, 3.63) is 58.1 Å². The molecule has 2 N–H and O–H groups in total. The van der Waals surface area contributed by atoms with Gasteiger partial charge in [0.25, 0.3) is 11.8 Å². The normalized spacial score (nSPS) is 11.7. The average Bonchev–Trinajstić information content (AvgIpc) is 2.74. The molecule has 0 aliphatic heterocycles. The number of hydrogen-bond acceptors (Lipinski definition) is 4. The van der Waals surface area contributed by atoms with Crippen molar-refractivity contribution in [3.63, 3.8) is 0 Å². The zero-order valence-corrected chi connectivity index (χ0v) is 19.4. The highest BCUT2D eigenvalue weighted by molar-refractivity contribution is 9.10. The first-order chi connectivity index (χ1) is 14.3. The van der Waals surface area contributed by atoms with E-state index in [-0.39, 0.29) is 6.61 Å². The minimum atomic E-state index is -0.471. The van der Waals surface area contributed by atoms with Crippen molar-refractivity contribution < 1.29 is 19.1 Å². The molecule has 0 aliphatic rings. The molecule has 0 bridgehead atoms. The Morgan fingerprint density at radius 2 is 1.70 bits per heavy atom. The van der Waals surface area contributed by atoms with Crippen molar-refractivity contribution in [2.45, 2.75) is 40.0 Å². The first kappa shape index (κ1) is 23.7. The zero-order valence-electron chi connectivity index (χ0n) is 17.8. The Labute approximate surface area is 186 Å². The molecule has 0 fully saturated rings. The quantitative estimate of drug-likeness (QED) is 0.507. The Kier molecular flexibility index (Phi) is 9.17. The molecular weight excluding hydrogens is 448 g/mol. The lowest BCUT2D eigenvalue weighted by Crippen LogP contribution is -2.44. The van der Waals surface area contributed by atoms with Crippen LogP contribution in [0.3, 0.4) is 0 Å². The second-order valence-electron chi connectivity index (χ2n) is 7.51. The molecule has 0 aliphatic carbocycles. The van der Waals surface area contributed by atoms with Crippen LogP contribution >= 0.6 is 15.9 Å². The lowest BCUT2D eigenvalue weighted by atomic mass is 9.99. The van der Waals surface area contributed by atoms with E-state index in [1.165, 1.54) is 5.56 Å². The summed E-state index contributed by atoms with van der Waals surface area (Å²) in [6.45, 7) is 8.63. The first-order valence-corrected chi connectivity index (χ1v) is 10.8. The maximum absolute atomic E-state index is 12.5. The molecule has 0 saturated carbocycles. The van der Waals surface area contributed by atoms with Crippen LogP contribution in [0.5, 0.6) is 11.5 Å². The Hall–Kier alpha value is -2.54. The van der Waals surface area contributed by atoms with E-state index in [2.05, 4.69) is 40.6 Å². The average molecular weight is 477 g/mol. The molecule has 6 nitrogen and oxygen atoms in total. The molecule has 0 saturated heterocycles. The maximum atomic E-state index is 12.5. The van der Waals surface area contributed by atoms with Crippen LogP contribution in [0.15, 0.2) is 46.9 Å². The predicted molar refractivity (Wildman–Crippen MR) is 121 cm³/mol.